The molecular formula is C16H16ClFN2O3. The molecule has 0 aliphatic carbocycles. The van der Waals surface area contributed by atoms with Crippen LogP contribution in [0, 0.1) is 5.82 Å². The van der Waals surface area contributed by atoms with Crippen LogP contribution in [0.1, 0.15) is 23.1 Å². The first-order valence-corrected chi connectivity index (χ1v) is 7.11. The molecule has 0 unspecified atom stereocenters. The number of rotatable bonds is 3. The molecule has 1 aromatic heterocycles. The van der Waals surface area contributed by atoms with E-state index < -0.39 is 11.8 Å². The second-order valence-corrected chi connectivity index (χ2v) is 5.36. The molecule has 0 spiro atoms. The van der Waals surface area contributed by atoms with Crippen molar-refractivity contribution < 1.29 is 18.7 Å². The second-order valence-electron chi connectivity index (χ2n) is 4.98. The summed E-state index contributed by atoms with van der Waals surface area (Å²) in [5.74, 6) is -1.57. The molecule has 5 nitrogen and oxygen atoms in total. The van der Waals surface area contributed by atoms with Crippen molar-refractivity contribution in [3.8, 4) is 0 Å². The van der Waals surface area contributed by atoms with Gasteiger partial charge in [-0.2, -0.15) is 0 Å². The molecule has 0 atom stereocenters. The predicted octanol–water partition coefficient (Wildman–Crippen LogP) is 3.16. The molecule has 0 aromatic carbocycles. The van der Waals surface area contributed by atoms with E-state index in [1.54, 1.807) is 19.1 Å². The fourth-order valence-corrected chi connectivity index (χ4v) is 2.21. The van der Waals surface area contributed by atoms with Crippen LogP contribution >= 0.6 is 11.6 Å². The Morgan fingerprint density at radius 3 is 2.74 bits per heavy atom. The first-order chi connectivity index (χ1) is 10.9. The molecule has 0 amide bonds. The number of aromatic nitrogens is 1. The summed E-state index contributed by atoms with van der Waals surface area (Å²) in [6, 6.07) is 0. The second kappa shape index (κ2) is 6.93. The highest BCUT2D eigenvalue weighted by atomic mass is 35.5. The normalized spacial score (nSPS) is 17.0. The maximum atomic E-state index is 14.3. The van der Waals surface area contributed by atoms with E-state index in [0.717, 1.165) is 11.1 Å². The molecule has 2 heterocycles. The molecule has 1 aliphatic heterocycles. The Morgan fingerprint density at radius 1 is 1.48 bits per heavy atom. The van der Waals surface area contributed by atoms with Gasteiger partial charge in [0, 0.05) is 0 Å². The zero-order chi connectivity index (χ0) is 17.1. The largest absolute Gasteiger partial charge is 0.464 e. The molecule has 1 fully saturated rings. The number of esters is 1. The lowest BCUT2D eigenvalue weighted by atomic mass is 10.1. The number of hydrogen-bond acceptors (Lipinski definition) is 5. The number of carbonyl (C=O) groups excluding carboxylic acids is 1. The molecular weight excluding hydrogens is 323 g/mol. The predicted molar refractivity (Wildman–Crippen MR) is 86.6 cm³/mol. The van der Waals surface area contributed by atoms with E-state index in [4.69, 9.17) is 22.1 Å². The van der Waals surface area contributed by atoms with Crippen LogP contribution in [0.15, 0.2) is 29.9 Å². The molecule has 0 bridgehead atoms. The molecule has 7 heteroatoms. The molecule has 122 valence electrons. The van der Waals surface area contributed by atoms with Gasteiger partial charge in [-0.3, -0.25) is 0 Å². The van der Waals surface area contributed by atoms with Crippen LogP contribution in [-0.4, -0.2) is 31.3 Å². The highest BCUT2D eigenvalue weighted by molar-refractivity contribution is 6.35. The van der Waals surface area contributed by atoms with Gasteiger partial charge in [0.15, 0.2) is 11.5 Å². The summed E-state index contributed by atoms with van der Waals surface area (Å²) in [5, 5.41) is -0.262. The van der Waals surface area contributed by atoms with E-state index in [2.05, 4.69) is 16.3 Å². The maximum Gasteiger partial charge on any atom is 0.358 e. The summed E-state index contributed by atoms with van der Waals surface area (Å²) in [4.78, 5) is 15.6. The molecule has 23 heavy (non-hydrogen) atoms. The maximum absolute atomic E-state index is 14.3. The minimum atomic E-state index is -0.785. The third-order valence-corrected chi connectivity index (χ3v) is 3.77. The van der Waals surface area contributed by atoms with Crippen molar-refractivity contribution in [3.05, 3.63) is 52.1 Å². The number of nitrogens with zero attached hydrogens (tertiary/aromatic N) is 1. The summed E-state index contributed by atoms with van der Waals surface area (Å²) >= 11 is 5.86. The van der Waals surface area contributed by atoms with E-state index >= 15 is 0 Å². The van der Waals surface area contributed by atoms with Crippen LogP contribution in [0.5, 0.6) is 0 Å². The fourth-order valence-electron chi connectivity index (χ4n) is 2.00. The highest BCUT2D eigenvalue weighted by Crippen LogP contribution is 2.30. The van der Waals surface area contributed by atoms with Gasteiger partial charge in [0.2, 0.25) is 0 Å². The first kappa shape index (κ1) is 17.2. The fraction of sp³-hybridized carbons (Fsp3) is 0.250. The summed E-state index contributed by atoms with van der Waals surface area (Å²) in [5.41, 5.74) is 7.26. The standard InChI is InChI=1S/C16H16ClFN2O3/c1-8(4-5-10-7-23-6-9(10)2)14-12(18)13(19)11(17)15(20-14)16(21)22-3/h4-5H,2,6-7H2,1,3H3,(H2,19,20)/b8-4+,10-5-. The molecule has 1 aliphatic rings. The van der Waals surface area contributed by atoms with Crippen molar-refractivity contribution in [1.29, 1.82) is 0 Å². The third kappa shape index (κ3) is 3.43. The van der Waals surface area contributed by atoms with Gasteiger partial charge in [-0.05, 0) is 23.6 Å². The zero-order valence-corrected chi connectivity index (χ0v) is 13.5. The third-order valence-electron chi connectivity index (χ3n) is 3.39. The Hall–Kier alpha value is -2.18. The average molecular weight is 339 g/mol. The molecule has 2 N–H and O–H groups in total. The van der Waals surface area contributed by atoms with Gasteiger partial charge in [0.1, 0.15) is 5.69 Å². The number of allylic oxidation sites excluding steroid dienone is 3. The van der Waals surface area contributed by atoms with E-state index in [9.17, 15) is 9.18 Å². The summed E-state index contributed by atoms with van der Waals surface area (Å²) in [7, 11) is 1.18. The SMILES string of the molecule is C=C1COC/C1=C/C=C(\C)c1nc(C(=O)OC)c(Cl)c(N)c1F. The Balaban J connectivity index is 2.48. The van der Waals surface area contributed by atoms with E-state index in [1.165, 1.54) is 7.11 Å². The number of carbonyl (C=O) groups is 1. The Labute approximate surface area is 138 Å². The van der Waals surface area contributed by atoms with Crippen molar-refractivity contribution in [2.75, 3.05) is 26.1 Å². The Kier molecular flexibility index (Phi) is 5.18. The van der Waals surface area contributed by atoms with E-state index in [0.29, 0.717) is 18.8 Å². The lowest BCUT2D eigenvalue weighted by molar-refractivity contribution is 0.0594. The van der Waals surface area contributed by atoms with Gasteiger partial charge in [-0.15, -0.1) is 0 Å². The Morgan fingerprint density at radius 2 is 2.17 bits per heavy atom. The number of nitrogens with two attached hydrogens (primary N) is 1. The minimum absolute atomic E-state index is 0.0614. The van der Waals surface area contributed by atoms with Crippen molar-refractivity contribution in [2.24, 2.45) is 0 Å². The smallest absolute Gasteiger partial charge is 0.358 e. The zero-order valence-electron chi connectivity index (χ0n) is 12.8. The molecule has 2 rings (SSSR count). The average Bonchev–Trinajstić information content (AvgIpc) is 2.95. The van der Waals surface area contributed by atoms with Crippen molar-refractivity contribution in [3.63, 3.8) is 0 Å². The number of halogens is 2. The van der Waals surface area contributed by atoms with E-state index in [-0.39, 0.29) is 22.1 Å². The Bertz CT molecular complexity index is 741. The molecule has 0 saturated carbocycles. The summed E-state index contributed by atoms with van der Waals surface area (Å²) in [6.07, 6.45) is 3.43. The van der Waals surface area contributed by atoms with Gasteiger partial charge in [-0.25, -0.2) is 14.2 Å². The number of ether oxygens (including phenoxy) is 2. The van der Waals surface area contributed by atoms with Gasteiger partial charge < -0.3 is 15.2 Å². The van der Waals surface area contributed by atoms with Crippen LogP contribution in [0.3, 0.4) is 0 Å². The van der Waals surface area contributed by atoms with Crippen LogP contribution in [0.4, 0.5) is 10.1 Å². The first-order valence-electron chi connectivity index (χ1n) is 6.73. The number of anilines is 1. The molecule has 1 saturated heterocycles. The van der Waals surface area contributed by atoms with Gasteiger partial charge in [0.25, 0.3) is 0 Å². The number of pyridine rings is 1. The lowest BCUT2D eigenvalue weighted by Gasteiger charge is -2.10. The van der Waals surface area contributed by atoms with Crippen molar-refractivity contribution >= 4 is 28.8 Å². The highest BCUT2D eigenvalue weighted by Gasteiger charge is 2.22. The van der Waals surface area contributed by atoms with Gasteiger partial charge in [0.05, 0.1) is 31.0 Å². The van der Waals surface area contributed by atoms with Crippen LogP contribution in [0.2, 0.25) is 5.02 Å². The molecule has 0 radical (unpaired) electrons. The van der Waals surface area contributed by atoms with Crippen molar-refractivity contribution in [1.82, 2.24) is 4.98 Å². The lowest BCUT2D eigenvalue weighted by Crippen LogP contribution is -2.11. The van der Waals surface area contributed by atoms with Gasteiger partial charge >= 0.3 is 5.97 Å². The quantitative estimate of drug-likeness (QED) is 0.857. The number of hydrogen-bond donors (Lipinski definition) is 1. The van der Waals surface area contributed by atoms with Crippen LogP contribution < -0.4 is 5.73 Å². The number of methoxy groups -OCH3 is 1. The molecule has 1 aromatic rings. The van der Waals surface area contributed by atoms with Crippen LogP contribution in [-0.2, 0) is 9.47 Å². The van der Waals surface area contributed by atoms with E-state index in [1.807, 2.05) is 0 Å². The topological polar surface area (TPSA) is 74.4 Å². The van der Waals surface area contributed by atoms with Gasteiger partial charge in [-0.1, -0.05) is 30.3 Å². The van der Waals surface area contributed by atoms with Crippen molar-refractivity contribution in [2.45, 2.75) is 6.92 Å². The summed E-state index contributed by atoms with van der Waals surface area (Å²) < 4.78 is 24.1. The van der Waals surface area contributed by atoms with Crippen LogP contribution in [0.25, 0.3) is 5.57 Å². The summed E-state index contributed by atoms with van der Waals surface area (Å²) in [6.45, 7) is 6.45. The minimum Gasteiger partial charge on any atom is -0.464 e. The number of nitrogen functional groups attached to an aromatic ring is 1. The monoisotopic (exact) mass is 338 g/mol.